The fourth-order valence-electron chi connectivity index (χ4n) is 3.14. The largest absolute Gasteiger partial charge is 0.462 e. The van der Waals surface area contributed by atoms with Crippen LogP contribution in [0.3, 0.4) is 0 Å². The van der Waals surface area contributed by atoms with E-state index in [1.807, 2.05) is 44.2 Å². The first-order chi connectivity index (χ1) is 14.4. The van der Waals surface area contributed by atoms with E-state index in [2.05, 4.69) is 16.4 Å². The molecule has 2 heterocycles. The number of esters is 1. The molecular weight excluding hydrogens is 418 g/mol. The number of hydrogen-bond acceptors (Lipinski definition) is 5. The lowest BCUT2D eigenvalue weighted by atomic mass is 9.88. The average Bonchev–Trinajstić information content (AvgIpc) is 3.40. The topological polar surface area (TPSA) is 59.4 Å². The van der Waals surface area contributed by atoms with Gasteiger partial charge in [0.1, 0.15) is 6.10 Å². The van der Waals surface area contributed by atoms with Crippen molar-refractivity contribution < 1.29 is 14.6 Å². The molecule has 0 unspecified atom stereocenters. The number of benzene rings is 1. The molecule has 1 aliphatic carbocycles. The van der Waals surface area contributed by atoms with E-state index in [-0.39, 0.29) is 25.1 Å². The Bertz CT molecular complexity index is 1070. The summed E-state index contributed by atoms with van der Waals surface area (Å²) in [5, 5.41) is 12.4. The lowest BCUT2D eigenvalue weighted by Crippen LogP contribution is -2.23. The summed E-state index contributed by atoms with van der Waals surface area (Å²) in [6, 6.07) is 11.8. The van der Waals surface area contributed by atoms with Crippen LogP contribution in [-0.4, -0.2) is 28.8 Å². The third-order valence-corrected chi connectivity index (χ3v) is 6.53. The van der Waals surface area contributed by atoms with E-state index < -0.39 is 5.41 Å². The zero-order valence-corrected chi connectivity index (χ0v) is 18.6. The summed E-state index contributed by atoms with van der Waals surface area (Å²) < 4.78 is 5.31. The smallest absolute Gasteiger partial charge is 0.310 e. The minimum atomic E-state index is -0.394. The lowest BCUT2D eigenvalue weighted by Gasteiger charge is -2.21. The predicted molar refractivity (Wildman–Crippen MR) is 121 cm³/mol. The maximum Gasteiger partial charge on any atom is 0.310 e. The van der Waals surface area contributed by atoms with Crippen LogP contribution in [0.4, 0.5) is 0 Å². The van der Waals surface area contributed by atoms with Gasteiger partial charge >= 0.3 is 5.97 Å². The molecule has 4 rings (SSSR count). The van der Waals surface area contributed by atoms with Gasteiger partial charge in [-0.25, -0.2) is 0 Å². The highest BCUT2D eigenvalue weighted by Crippen LogP contribution is 2.37. The van der Waals surface area contributed by atoms with E-state index in [4.69, 9.17) is 16.3 Å². The standard InChI is InChI=1S/C24H24ClNO3S/c1-24(2,14-27)22-12-16(7-8-26-22)17-11-21(30-13-17)19-6-3-15(9-20(19)25)10-23(28)29-18-4-5-18/h3,6-9,11-13,18,27H,4-5,10,14H2,1-2H3. The zero-order chi connectivity index (χ0) is 21.3. The number of aliphatic hydroxyl groups is 1. The fourth-order valence-corrected chi connectivity index (χ4v) is 4.46. The van der Waals surface area contributed by atoms with Gasteiger partial charge in [0.15, 0.2) is 0 Å². The van der Waals surface area contributed by atoms with E-state index in [9.17, 15) is 9.90 Å². The molecule has 0 radical (unpaired) electrons. The SMILES string of the molecule is CC(C)(CO)c1cc(-c2csc(-c3ccc(CC(=O)OC4CC4)cc3Cl)c2)ccn1. The Morgan fingerprint density at radius 1 is 1.23 bits per heavy atom. The Morgan fingerprint density at radius 2 is 2.03 bits per heavy atom. The van der Waals surface area contributed by atoms with Crippen molar-refractivity contribution in [1.29, 1.82) is 0 Å². The normalized spacial score (nSPS) is 14.0. The Balaban J connectivity index is 1.54. The van der Waals surface area contributed by atoms with Gasteiger partial charge in [0.2, 0.25) is 0 Å². The third kappa shape index (κ3) is 4.75. The van der Waals surface area contributed by atoms with Crippen LogP contribution in [0.5, 0.6) is 0 Å². The second-order valence-electron chi connectivity index (χ2n) is 8.35. The van der Waals surface area contributed by atoms with Crippen LogP contribution in [0.1, 0.15) is 37.9 Å². The van der Waals surface area contributed by atoms with Crippen molar-refractivity contribution in [2.24, 2.45) is 0 Å². The predicted octanol–water partition coefficient (Wildman–Crippen LogP) is 5.65. The molecule has 0 aliphatic heterocycles. The van der Waals surface area contributed by atoms with Crippen molar-refractivity contribution >= 4 is 28.9 Å². The maximum atomic E-state index is 11.9. The van der Waals surface area contributed by atoms with Gasteiger partial charge in [-0.15, -0.1) is 11.3 Å². The quantitative estimate of drug-likeness (QED) is 0.481. The second kappa shape index (κ2) is 8.50. The molecule has 0 bridgehead atoms. The number of carbonyl (C=O) groups is 1. The highest BCUT2D eigenvalue weighted by molar-refractivity contribution is 7.14. The summed E-state index contributed by atoms with van der Waals surface area (Å²) in [6.45, 7) is 3.98. The first-order valence-corrected chi connectivity index (χ1v) is 11.3. The first-order valence-electron chi connectivity index (χ1n) is 10.0. The van der Waals surface area contributed by atoms with Crippen molar-refractivity contribution in [1.82, 2.24) is 4.98 Å². The summed E-state index contributed by atoms with van der Waals surface area (Å²) >= 11 is 8.16. The third-order valence-electron chi connectivity index (χ3n) is 5.25. The molecule has 156 valence electrons. The highest BCUT2D eigenvalue weighted by atomic mass is 35.5. The molecule has 0 amide bonds. The number of aromatic nitrogens is 1. The molecule has 6 heteroatoms. The summed E-state index contributed by atoms with van der Waals surface area (Å²) in [4.78, 5) is 17.4. The fraction of sp³-hybridized carbons (Fsp3) is 0.333. The van der Waals surface area contributed by atoms with E-state index in [0.29, 0.717) is 5.02 Å². The molecule has 30 heavy (non-hydrogen) atoms. The average molecular weight is 442 g/mol. The van der Waals surface area contributed by atoms with E-state index in [1.165, 1.54) is 0 Å². The minimum absolute atomic E-state index is 0.0362. The summed E-state index contributed by atoms with van der Waals surface area (Å²) in [6.07, 6.45) is 4.09. The van der Waals surface area contributed by atoms with Crippen LogP contribution in [0.2, 0.25) is 5.02 Å². The molecule has 1 aromatic carbocycles. The van der Waals surface area contributed by atoms with Crippen LogP contribution in [-0.2, 0) is 21.4 Å². The summed E-state index contributed by atoms with van der Waals surface area (Å²) in [5.41, 5.74) is 4.40. The van der Waals surface area contributed by atoms with Gasteiger partial charge in [-0.05, 0) is 59.2 Å². The van der Waals surface area contributed by atoms with Gasteiger partial charge in [0.05, 0.1) is 13.0 Å². The maximum absolute atomic E-state index is 11.9. The number of aliphatic hydroxyl groups excluding tert-OH is 1. The van der Waals surface area contributed by atoms with E-state index in [0.717, 1.165) is 45.7 Å². The highest BCUT2D eigenvalue weighted by Gasteiger charge is 2.26. The molecule has 0 saturated heterocycles. The first kappa shape index (κ1) is 21.0. The monoisotopic (exact) mass is 441 g/mol. The number of nitrogens with zero attached hydrogens (tertiary/aromatic N) is 1. The van der Waals surface area contributed by atoms with E-state index in [1.54, 1.807) is 17.5 Å². The van der Waals surface area contributed by atoms with Gasteiger partial charge in [0.25, 0.3) is 0 Å². The molecule has 3 aromatic rings. The van der Waals surface area contributed by atoms with Crippen LogP contribution >= 0.6 is 22.9 Å². The number of halogens is 1. The molecule has 1 saturated carbocycles. The molecule has 1 aliphatic rings. The molecule has 0 atom stereocenters. The number of rotatable bonds is 7. The lowest BCUT2D eigenvalue weighted by molar-refractivity contribution is -0.144. The number of carbonyl (C=O) groups excluding carboxylic acids is 1. The molecular formula is C24H24ClNO3S. The number of pyridine rings is 1. The Kier molecular flexibility index (Phi) is 5.96. The van der Waals surface area contributed by atoms with Crippen molar-refractivity contribution in [3.05, 3.63) is 64.3 Å². The van der Waals surface area contributed by atoms with Gasteiger partial charge in [-0.1, -0.05) is 37.6 Å². The molecule has 4 nitrogen and oxygen atoms in total. The van der Waals surface area contributed by atoms with Crippen LogP contribution in [0.15, 0.2) is 48.0 Å². The Morgan fingerprint density at radius 3 is 2.73 bits per heavy atom. The van der Waals surface area contributed by atoms with Gasteiger partial charge in [0, 0.05) is 32.8 Å². The second-order valence-corrected chi connectivity index (χ2v) is 9.67. The van der Waals surface area contributed by atoms with Gasteiger partial charge in [-0.3, -0.25) is 9.78 Å². The Labute approximate surface area is 185 Å². The number of thiophene rings is 1. The van der Waals surface area contributed by atoms with Crippen LogP contribution in [0.25, 0.3) is 21.6 Å². The van der Waals surface area contributed by atoms with Gasteiger partial charge in [-0.2, -0.15) is 0 Å². The summed E-state index contributed by atoms with van der Waals surface area (Å²) in [7, 11) is 0. The number of hydrogen-bond donors (Lipinski definition) is 1. The van der Waals surface area contributed by atoms with Gasteiger partial charge < -0.3 is 9.84 Å². The molecule has 2 aromatic heterocycles. The van der Waals surface area contributed by atoms with Crippen LogP contribution in [0, 0.1) is 0 Å². The van der Waals surface area contributed by atoms with Crippen molar-refractivity contribution in [2.45, 2.75) is 44.6 Å². The Hall–Kier alpha value is -2.21. The summed E-state index contributed by atoms with van der Waals surface area (Å²) in [5.74, 6) is -0.195. The van der Waals surface area contributed by atoms with Crippen molar-refractivity contribution in [3.63, 3.8) is 0 Å². The molecule has 1 N–H and O–H groups in total. The minimum Gasteiger partial charge on any atom is -0.462 e. The van der Waals surface area contributed by atoms with E-state index >= 15 is 0 Å². The van der Waals surface area contributed by atoms with Crippen molar-refractivity contribution in [2.75, 3.05) is 6.61 Å². The molecule has 0 spiro atoms. The zero-order valence-electron chi connectivity index (χ0n) is 17.0. The van der Waals surface area contributed by atoms with Crippen LogP contribution < -0.4 is 0 Å². The van der Waals surface area contributed by atoms with Crippen molar-refractivity contribution in [3.8, 4) is 21.6 Å². The molecule has 1 fully saturated rings. The number of ether oxygens (including phenoxy) is 1.